The van der Waals surface area contributed by atoms with Crippen molar-refractivity contribution in [2.24, 2.45) is 10.8 Å². The first-order chi connectivity index (χ1) is 13.1. The lowest BCUT2D eigenvalue weighted by atomic mass is 9.89. The summed E-state index contributed by atoms with van der Waals surface area (Å²) < 4.78 is 72.7. The van der Waals surface area contributed by atoms with Gasteiger partial charge >= 0.3 is 0 Å². The van der Waals surface area contributed by atoms with Gasteiger partial charge in [0.1, 0.15) is 0 Å². The molecule has 0 aromatic rings. The molecule has 0 rings (SSSR count). The smallest absolute Gasteiger partial charge is 0.265 e. The second kappa shape index (κ2) is 13.2. The first-order valence-corrected chi connectivity index (χ1v) is 13.4. The van der Waals surface area contributed by atoms with Crippen molar-refractivity contribution in [2.75, 3.05) is 37.9 Å². The Kier molecular flexibility index (Phi) is 13.1. The van der Waals surface area contributed by atoms with E-state index in [4.69, 9.17) is 18.6 Å². The van der Waals surface area contributed by atoms with E-state index in [1.807, 2.05) is 27.7 Å². The number of unbranched alkanes of at least 4 members (excludes halogenated alkanes) is 2. The van der Waals surface area contributed by atoms with E-state index in [1.54, 1.807) is 0 Å². The quantitative estimate of drug-likeness (QED) is 0.235. The van der Waals surface area contributed by atoms with Crippen LogP contribution in [0.5, 0.6) is 0 Å². The molecule has 0 radical (unpaired) electrons. The van der Waals surface area contributed by atoms with Gasteiger partial charge in [0.05, 0.1) is 11.5 Å². The van der Waals surface area contributed by atoms with E-state index in [0.29, 0.717) is 39.3 Å². The van der Waals surface area contributed by atoms with Gasteiger partial charge in [-0.3, -0.25) is 9.11 Å². The van der Waals surface area contributed by atoms with Gasteiger partial charge in [-0.05, 0) is 42.9 Å². The van der Waals surface area contributed by atoms with Crippen molar-refractivity contribution in [3.05, 3.63) is 0 Å². The van der Waals surface area contributed by atoms with Crippen molar-refractivity contribution >= 4 is 20.2 Å². The van der Waals surface area contributed by atoms with Crippen LogP contribution in [0.2, 0.25) is 0 Å². The number of ether oxygens (including phenoxy) is 2. The van der Waals surface area contributed by atoms with Crippen molar-refractivity contribution in [3.63, 3.8) is 0 Å². The maximum atomic E-state index is 10.9. The van der Waals surface area contributed by atoms with Crippen LogP contribution in [0.25, 0.3) is 0 Å². The highest BCUT2D eigenvalue weighted by molar-refractivity contribution is 7.86. The fourth-order valence-corrected chi connectivity index (χ4v) is 5.48. The molecule has 8 nitrogen and oxygen atoms in total. The van der Waals surface area contributed by atoms with Gasteiger partial charge in [0.2, 0.25) is 0 Å². The topological polar surface area (TPSA) is 127 Å². The van der Waals surface area contributed by atoms with Crippen LogP contribution in [0.15, 0.2) is 0 Å². The van der Waals surface area contributed by atoms with Gasteiger partial charge in [-0.25, -0.2) is 0 Å². The highest BCUT2D eigenvalue weighted by Crippen LogP contribution is 2.25. The van der Waals surface area contributed by atoms with Crippen LogP contribution in [0, 0.1) is 10.8 Å². The highest BCUT2D eigenvalue weighted by Gasteiger charge is 2.25. The van der Waals surface area contributed by atoms with E-state index in [9.17, 15) is 16.8 Å². The Balaban J connectivity index is 3.52. The molecule has 0 saturated carbocycles. The van der Waals surface area contributed by atoms with Crippen LogP contribution < -0.4 is 0 Å². The van der Waals surface area contributed by atoms with Crippen LogP contribution in [-0.2, 0) is 29.7 Å². The monoisotopic (exact) mass is 460 g/mol. The predicted molar refractivity (Wildman–Crippen MR) is 114 cm³/mol. The maximum absolute atomic E-state index is 10.9. The van der Waals surface area contributed by atoms with E-state index >= 15 is 0 Å². The second-order valence-electron chi connectivity index (χ2n) is 9.27. The van der Waals surface area contributed by atoms with Crippen LogP contribution in [0.1, 0.15) is 72.6 Å². The van der Waals surface area contributed by atoms with Crippen LogP contribution >= 0.6 is 0 Å². The summed E-state index contributed by atoms with van der Waals surface area (Å²) in [7, 11) is -7.88. The lowest BCUT2D eigenvalue weighted by Gasteiger charge is -2.22. The number of hydrogen-bond acceptors (Lipinski definition) is 6. The van der Waals surface area contributed by atoms with Crippen LogP contribution in [-0.4, -0.2) is 63.9 Å². The van der Waals surface area contributed by atoms with Gasteiger partial charge in [0.15, 0.2) is 0 Å². The number of hydrogen-bond donors (Lipinski definition) is 2. The minimum absolute atomic E-state index is 0.226. The Bertz CT molecular complexity index is 583. The molecule has 29 heavy (non-hydrogen) atoms. The molecule has 0 heterocycles. The minimum Gasteiger partial charge on any atom is -0.381 e. The molecule has 0 aliphatic rings. The predicted octanol–water partition coefficient (Wildman–Crippen LogP) is 3.58. The van der Waals surface area contributed by atoms with E-state index in [0.717, 1.165) is 32.1 Å². The molecule has 0 fully saturated rings. The summed E-state index contributed by atoms with van der Waals surface area (Å²) in [6.07, 6.45) is 5.58. The Morgan fingerprint density at radius 2 is 0.897 bits per heavy atom. The molecular weight excluding hydrogens is 420 g/mol. The molecule has 0 unspecified atom stereocenters. The Labute approximate surface area is 177 Å². The third-order valence-electron chi connectivity index (χ3n) is 4.51. The molecule has 0 aromatic carbocycles. The average Bonchev–Trinajstić information content (AvgIpc) is 2.46. The molecule has 2 N–H and O–H groups in total. The zero-order chi connectivity index (χ0) is 22.6. The fraction of sp³-hybridized carbons (Fsp3) is 1.00. The first kappa shape index (κ1) is 28.7. The molecule has 0 atom stereocenters. The van der Waals surface area contributed by atoms with E-state index in [1.165, 1.54) is 0 Å². The molecule has 10 heteroatoms. The summed E-state index contributed by atoms with van der Waals surface area (Å²) in [4.78, 5) is 0. The van der Waals surface area contributed by atoms with Gasteiger partial charge in [-0.2, -0.15) is 16.8 Å². The Hall–Kier alpha value is -0.260. The summed E-state index contributed by atoms with van der Waals surface area (Å²) in [5, 5.41) is 0. The van der Waals surface area contributed by atoms with Crippen molar-refractivity contribution in [1.29, 1.82) is 0 Å². The maximum Gasteiger partial charge on any atom is 0.265 e. The Morgan fingerprint density at radius 1 is 0.586 bits per heavy atom. The van der Waals surface area contributed by atoms with E-state index in [-0.39, 0.29) is 11.5 Å². The minimum atomic E-state index is -3.94. The molecule has 0 amide bonds. The standard InChI is InChI=1S/C19H40O8S2/c1-18(2,16-28(20,21)22)10-5-7-12-26-14-9-15-27-13-8-6-11-19(3,4)17-29(23,24)25/h5-17H2,1-4H3,(H,20,21,22)(H,23,24,25). The molecule has 0 aliphatic carbocycles. The van der Waals surface area contributed by atoms with Crippen molar-refractivity contribution < 1.29 is 35.4 Å². The summed E-state index contributed by atoms with van der Waals surface area (Å²) in [6, 6.07) is 0. The summed E-state index contributed by atoms with van der Waals surface area (Å²) in [5.41, 5.74) is -0.883. The van der Waals surface area contributed by atoms with E-state index in [2.05, 4.69) is 0 Å². The van der Waals surface area contributed by atoms with Gasteiger partial charge in [0, 0.05) is 26.4 Å². The van der Waals surface area contributed by atoms with Gasteiger partial charge in [0.25, 0.3) is 20.2 Å². The zero-order valence-electron chi connectivity index (χ0n) is 18.4. The normalized spacial score (nSPS) is 13.7. The highest BCUT2D eigenvalue weighted by atomic mass is 32.2. The molecule has 0 saturated heterocycles. The molecule has 0 spiro atoms. The SMILES string of the molecule is CC(C)(CCCCOCCCOCCCCC(C)(C)CS(=O)(=O)O)CS(=O)(=O)O. The average molecular weight is 461 g/mol. The zero-order valence-corrected chi connectivity index (χ0v) is 20.0. The third-order valence-corrected chi connectivity index (χ3v) is 6.80. The summed E-state index contributed by atoms with van der Waals surface area (Å²) in [5.74, 6) is -0.452. The molecular formula is C19H40O8S2. The second-order valence-corrected chi connectivity index (χ2v) is 12.2. The lowest BCUT2D eigenvalue weighted by Crippen LogP contribution is -2.23. The van der Waals surface area contributed by atoms with Gasteiger partial charge < -0.3 is 9.47 Å². The molecule has 176 valence electrons. The van der Waals surface area contributed by atoms with Gasteiger partial charge in [-0.1, -0.05) is 40.5 Å². The molecule has 0 aliphatic heterocycles. The van der Waals surface area contributed by atoms with Crippen LogP contribution in [0.3, 0.4) is 0 Å². The van der Waals surface area contributed by atoms with Crippen molar-refractivity contribution in [1.82, 2.24) is 0 Å². The summed E-state index contributed by atoms with van der Waals surface area (Å²) >= 11 is 0. The lowest BCUT2D eigenvalue weighted by molar-refractivity contribution is 0.0782. The van der Waals surface area contributed by atoms with Gasteiger partial charge in [-0.15, -0.1) is 0 Å². The first-order valence-electron chi connectivity index (χ1n) is 10.2. The van der Waals surface area contributed by atoms with Crippen molar-refractivity contribution in [3.8, 4) is 0 Å². The van der Waals surface area contributed by atoms with Crippen molar-refractivity contribution in [2.45, 2.75) is 72.6 Å². The largest absolute Gasteiger partial charge is 0.381 e. The van der Waals surface area contributed by atoms with E-state index < -0.39 is 31.1 Å². The fourth-order valence-electron chi connectivity index (χ4n) is 3.21. The molecule has 0 aromatic heterocycles. The third kappa shape index (κ3) is 20.8. The Morgan fingerprint density at radius 3 is 1.21 bits per heavy atom. The van der Waals surface area contributed by atoms with Crippen LogP contribution in [0.4, 0.5) is 0 Å². The number of rotatable bonds is 18. The summed E-state index contributed by atoms with van der Waals surface area (Å²) in [6.45, 7) is 9.76. The molecule has 0 bridgehead atoms.